The molecule has 0 heterocycles. The summed E-state index contributed by atoms with van der Waals surface area (Å²) in [6.07, 6.45) is 6.05. The van der Waals surface area contributed by atoms with E-state index in [1.165, 1.54) is 17.7 Å². The number of carbonyl (C=O) groups is 2. The van der Waals surface area contributed by atoms with Crippen LogP contribution in [0, 0.1) is 5.92 Å². The maximum Gasteiger partial charge on any atom is 0.237 e. The molecule has 0 aliphatic rings. The molecule has 0 radical (unpaired) electrons. The molecule has 4 heteroatoms. The van der Waals surface area contributed by atoms with Crippen LogP contribution in [-0.2, 0) is 9.59 Å². The molecular weight excluding hydrogens is 216 g/mol. The number of primary amides is 1. The first-order chi connectivity index (χ1) is 8.01. The van der Waals surface area contributed by atoms with Gasteiger partial charge in [0.15, 0.2) is 0 Å². The number of nitrogens with two attached hydrogens (primary N) is 1. The highest BCUT2D eigenvalue weighted by Gasteiger charge is 2.16. The monoisotopic (exact) mass is 242 g/mol. The van der Waals surface area contributed by atoms with E-state index in [0.29, 0.717) is 0 Å². The smallest absolute Gasteiger partial charge is 0.237 e. The Labute approximate surface area is 105 Å². The highest BCUT2D eigenvalue weighted by atomic mass is 16.2. The third kappa shape index (κ3) is 7.77. The maximum atomic E-state index is 10.9. The predicted molar refractivity (Wildman–Crippen MR) is 69.3 cm³/mol. The first kappa shape index (κ1) is 15.9. The SMILES string of the molecule is CC[C@@H](CCCCC(C)C)N(C=O)CC(N)=O. The molecule has 2 amide bonds. The van der Waals surface area contributed by atoms with E-state index in [0.717, 1.165) is 31.6 Å². The topological polar surface area (TPSA) is 63.4 Å². The summed E-state index contributed by atoms with van der Waals surface area (Å²) in [5.74, 6) is 0.278. The molecule has 0 saturated carbocycles. The van der Waals surface area contributed by atoms with Gasteiger partial charge in [-0.15, -0.1) is 0 Å². The van der Waals surface area contributed by atoms with Crippen molar-refractivity contribution in [3.8, 4) is 0 Å². The molecule has 0 rings (SSSR count). The molecule has 2 N–H and O–H groups in total. The standard InChI is InChI=1S/C13H26N2O2/c1-4-12(8-6-5-7-11(2)3)15(10-16)9-13(14)17/h10-12H,4-9H2,1-3H3,(H2,14,17)/t12-/m0/s1. The van der Waals surface area contributed by atoms with Crippen molar-refractivity contribution in [3.63, 3.8) is 0 Å². The number of rotatable bonds is 10. The Morgan fingerprint density at radius 3 is 2.29 bits per heavy atom. The summed E-state index contributed by atoms with van der Waals surface area (Å²) in [5.41, 5.74) is 5.12. The highest BCUT2D eigenvalue weighted by Crippen LogP contribution is 2.14. The fourth-order valence-corrected chi connectivity index (χ4v) is 1.97. The van der Waals surface area contributed by atoms with Gasteiger partial charge >= 0.3 is 0 Å². The van der Waals surface area contributed by atoms with Gasteiger partial charge in [-0.05, 0) is 18.8 Å². The van der Waals surface area contributed by atoms with Crippen molar-refractivity contribution >= 4 is 12.3 Å². The Balaban J connectivity index is 4.02. The lowest BCUT2D eigenvalue weighted by atomic mass is 10.0. The average Bonchev–Trinajstić information content (AvgIpc) is 2.26. The van der Waals surface area contributed by atoms with E-state index in [4.69, 9.17) is 5.73 Å². The molecule has 17 heavy (non-hydrogen) atoms. The number of amides is 2. The van der Waals surface area contributed by atoms with Crippen LogP contribution in [0.15, 0.2) is 0 Å². The lowest BCUT2D eigenvalue weighted by Gasteiger charge is -2.26. The van der Waals surface area contributed by atoms with Crippen LogP contribution in [0.3, 0.4) is 0 Å². The zero-order valence-corrected chi connectivity index (χ0v) is 11.3. The third-order valence-electron chi connectivity index (χ3n) is 2.98. The van der Waals surface area contributed by atoms with E-state index < -0.39 is 5.91 Å². The molecule has 100 valence electrons. The molecule has 0 aromatic heterocycles. The average molecular weight is 242 g/mol. The van der Waals surface area contributed by atoms with Gasteiger partial charge < -0.3 is 10.6 Å². The highest BCUT2D eigenvalue weighted by molar-refractivity contribution is 5.78. The summed E-state index contributed by atoms with van der Waals surface area (Å²) in [7, 11) is 0. The Kier molecular flexibility index (Phi) is 8.46. The van der Waals surface area contributed by atoms with Crippen LogP contribution in [0.5, 0.6) is 0 Å². The largest absolute Gasteiger partial charge is 0.368 e. The lowest BCUT2D eigenvalue weighted by Crippen LogP contribution is -2.40. The van der Waals surface area contributed by atoms with E-state index in [2.05, 4.69) is 13.8 Å². The van der Waals surface area contributed by atoms with Crippen LogP contribution in [0.1, 0.15) is 52.9 Å². The lowest BCUT2D eigenvalue weighted by molar-refractivity contribution is -0.128. The van der Waals surface area contributed by atoms with Gasteiger partial charge in [-0.2, -0.15) is 0 Å². The molecule has 0 aromatic rings. The van der Waals surface area contributed by atoms with Crippen molar-refractivity contribution in [2.45, 2.75) is 58.9 Å². The third-order valence-corrected chi connectivity index (χ3v) is 2.98. The summed E-state index contributed by atoms with van der Waals surface area (Å²) in [6, 6.07) is 0.146. The van der Waals surface area contributed by atoms with Crippen molar-refractivity contribution < 1.29 is 9.59 Å². The van der Waals surface area contributed by atoms with Gasteiger partial charge in [0.2, 0.25) is 12.3 Å². The summed E-state index contributed by atoms with van der Waals surface area (Å²) in [4.78, 5) is 23.3. The molecule has 0 saturated heterocycles. The number of unbranched alkanes of at least 4 members (excludes halogenated alkanes) is 1. The van der Waals surface area contributed by atoms with Crippen molar-refractivity contribution in [2.75, 3.05) is 6.54 Å². The van der Waals surface area contributed by atoms with Gasteiger partial charge in [-0.3, -0.25) is 9.59 Å². The minimum absolute atomic E-state index is 0.0339. The summed E-state index contributed by atoms with van der Waals surface area (Å²) in [6.45, 7) is 6.49. The summed E-state index contributed by atoms with van der Waals surface area (Å²) < 4.78 is 0. The van der Waals surface area contributed by atoms with E-state index in [-0.39, 0.29) is 12.6 Å². The van der Waals surface area contributed by atoms with Crippen LogP contribution < -0.4 is 5.73 Å². The second-order valence-electron chi connectivity index (χ2n) is 4.98. The second-order valence-corrected chi connectivity index (χ2v) is 4.98. The Hall–Kier alpha value is -1.06. The number of hydrogen-bond donors (Lipinski definition) is 1. The van der Waals surface area contributed by atoms with Gasteiger partial charge in [-0.1, -0.05) is 40.0 Å². The quantitative estimate of drug-likeness (QED) is 0.470. The number of nitrogens with zero attached hydrogens (tertiary/aromatic N) is 1. The van der Waals surface area contributed by atoms with Crippen molar-refractivity contribution in [3.05, 3.63) is 0 Å². The normalized spacial score (nSPS) is 12.5. The van der Waals surface area contributed by atoms with Crippen molar-refractivity contribution in [1.82, 2.24) is 4.90 Å². The van der Waals surface area contributed by atoms with Crippen molar-refractivity contribution in [1.29, 1.82) is 0 Å². The molecule has 0 unspecified atom stereocenters. The fourth-order valence-electron chi connectivity index (χ4n) is 1.97. The Morgan fingerprint density at radius 1 is 1.29 bits per heavy atom. The second kappa shape index (κ2) is 9.02. The van der Waals surface area contributed by atoms with Gasteiger partial charge in [0.05, 0.1) is 6.54 Å². The van der Waals surface area contributed by atoms with E-state index in [1.807, 2.05) is 6.92 Å². The molecule has 1 atom stereocenters. The Morgan fingerprint density at radius 2 is 1.88 bits per heavy atom. The first-order valence-corrected chi connectivity index (χ1v) is 6.50. The van der Waals surface area contributed by atoms with Gasteiger partial charge in [0, 0.05) is 6.04 Å². The van der Waals surface area contributed by atoms with Crippen molar-refractivity contribution in [2.24, 2.45) is 11.7 Å². The van der Waals surface area contributed by atoms with Crippen LogP contribution in [0.2, 0.25) is 0 Å². The summed E-state index contributed by atoms with van der Waals surface area (Å²) >= 11 is 0. The van der Waals surface area contributed by atoms with E-state index in [1.54, 1.807) is 0 Å². The van der Waals surface area contributed by atoms with Crippen LogP contribution in [-0.4, -0.2) is 29.8 Å². The fraction of sp³-hybridized carbons (Fsp3) is 0.846. The molecule has 0 aliphatic carbocycles. The van der Waals surface area contributed by atoms with E-state index in [9.17, 15) is 9.59 Å². The zero-order valence-electron chi connectivity index (χ0n) is 11.3. The van der Waals surface area contributed by atoms with Crippen LogP contribution >= 0.6 is 0 Å². The molecule has 0 spiro atoms. The van der Waals surface area contributed by atoms with Gasteiger partial charge in [-0.25, -0.2) is 0 Å². The molecule has 4 nitrogen and oxygen atoms in total. The van der Waals surface area contributed by atoms with E-state index >= 15 is 0 Å². The molecule has 0 bridgehead atoms. The zero-order chi connectivity index (χ0) is 13.3. The van der Waals surface area contributed by atoms with Crippen LogP contribution in [0.25, 0.3) is 0 Å². The van der Waals surface area contributed by atoms with Gasteiger partial charge in [0.25, 0.3) is 0 Å². The maximum absolute atomic E-state index is 10.9. The van der Waals surface area contributed by atoms with Gasteiger partial charge in [0.1, 0.15) is 0 Å². The molecular formula is C13H26N2O2. The summed E-state index contributed by atoms with van der Waals surface area (Å²) in [5, 5.41) is 0. The predicted octanol–water partition coefficient (Wildman–Crippen LogP) is 1.93. The first-order valence-electron chi connectivity index (χ1n) is 6.50. The minimum Gasteiger partial charge on any atom is -0.368 e. The minimum atomic E-state index is -0.447. The molecule has 0 aromatic carbocycles. The number of carbonyl (C=O) groups excluding carboxylic acids is 2. The Bertz CT molecular complexity index is 229. The molecule has 0 fully saturated rings. The molecule has 0 aliphatic heterocycles. The van der Waals surface area contributed by atoms with Crippen LogP contribution in [0.4, 0.5) is 0 Å². The number of hydrogen-bond acceptors (Lipinski definition) is 2.